The number of hydrogen-bond donors (Lipinski definition) is 1. The summed E-state index contributed by atoms with van der Waals surface area (Å²) in [6, 6.07) is 3.48. The summed E-state index contributed by atoms with van der Waals surface area (Å²) in [4.78, 5) is 25.2. The van der Waals surface area contributed by atoms with E-state index in [1.165, 1.54) is 22.2 Å². The maximum Gasteiger partial charge on any atom is 0.261 e. The van der Waals surface area contributed by atoms with Gasteiger partial charge in [0.25, 0.3) is 5.91 Å². The molecule has 0 fully saturated rings. The molecule has 9 heteroatoms. The molecule has 0 atom stereocenters. The summed E-state index contributed by atoms with van der Waals surface area (Å²) in [5, 5.41) is 9.29. The number of fused-ring (bicyclic) bond motifs is 1. The number of carbonyl (C=O) groups is 1. The van der Waals surface area contributed by atoms with Crippen LogP contribution in [0.2, 0.25) is 0 Å². The lowest BCUT2D eigenvalue weighted by molar-refractivity contribution is 0.102. The number of thiazole rings is 1. The Labute approximate surface area is 152 Å². The van der Waals surface area contributed by atoms with Crippen molar-refractivity contribution in [2.75, 3.05) is 5.32 Å². The highest BCUT2D eigenvalue weighted by molar-refractivity contribution is 7.13. The van der Waals surface area contributed by atoms with Crippen molar-refractivity contribution in [3.63, 3.8) is 0 Å². The summed E-state index contributed by atoms with van der Waals surface area (Å²) in [7, 11) is 0. The molecular formula is C17H14N6O2S. The van der Waals surface area contributed by atoms with Gasteiger partial charge in [0.15, 0.2) is 10.8 Å². The fourth-order valence-corrected chi connectivity index (χ4v) is 3.10. The first-order chi connectivity index (χ1) is 12.6. The minimum absolute atomic E-state index is 0.329. The Morgan fingerprint density at radius 2 is 2.12 bits per heavy atom. The molecular weight excluding hydrogens is 352 g/mol. The molecule has 4 rings (SSSR count). The molecule has 0 aliphatic heterocycles. The van der Waals surface area contributed by atoms with Gasteiger partial charge in [0.2, 0.25) is 0 Å². The molecule has 0 saturated carbocycles. The monoisotopic (exact) mass is 366 g/mol. The minimum atomic E-state index is -0.329. The molecule has 0 aliphatic rings. The van der Waals surface area contributed by atoms with E-state index >= 15 is 0 Å². The second kappa shape index (κ2) is 6.52. The minimum Gasteiger partial charge on any atom is -0.454 e. The van der Waals surface area contributed by atoms with E-state index in [4.69, 9.17) is 4.74 Å². The first-order valence-corrected chi connectivity index (χ1v) is 8.63. The Kier molecular flexibility index (Phi) is 4.05. The molecule has 0 radical (unpaired) electrons. The molecule has 4 heterocycles. The van der Waals surface area contributed by atoms with Crippen LogP contribution in [-0.2, 0) is 0 Å². The van der Waals surface area contributed by atoms with Crippen LogP contribution < -0.4 is 10.1 Å². The van der Waals surface area contributed by atoms with Crippen molar-refractivity contribution in [1.82, 2.24) is 24.6 Å². The number of pyridine rings is 2. The van der Waals surface area contributed by atoms with Gasteiger partial charge in [0.1, 0.15) is 17.8 Å². The number of anilines is 1. The fourth-order valence-electron chi connectivity index (χ4n) is 2.42. The highest BCUT2D eigenvalue weighted by Gasteiger charge is 2.16. The molecule has 1 N–H and O–H groups in total. The van der Waals surface area contributed by atoms with E-state index in [-0.39, 0.29) is 5.91 Å². The Balaban J connectivity index is 1.69. The summed E-state index contributed by atoms with van der Waals surface area (Å²) < 4.78 is 7.34. The number of carbonyl (C=O) groups excluding carboxylic acids is 1. The Morgan fingerprint density at radius 1 is 1.23 bits per heavy atom. The van der Waals surface area contributed by atoms with Crippen LogP contribution in [0.25, 0.3) is 5.65 Å². The molecule has 4 aromatic rings. The van der Waals surface area contributed by atoms with Crippen molar-refractivity contribution in [3.8, 4) is 11.5 Å². The van der Waals surface area contributed by atoms with E-state index in [1.807, 2.05) is 25.3 Å². The summed E-state index contributed by atoms with van der Waals surface area (Å²) in [6.07, 6.45) is 6.39. The number of ether oxygens (including phenoxy) is 1. The van der Waals surface area contributed by atoms with E-state index in [0.29, 0.717) is 27.8 Å². The van der Waals surface area contributed by atoms with Crippen LogP contribution in [-0.4, -0.2) is 30.5 Å². The van der Waals surface area contributed by atoms with Gasteiger partial charge in [0, 0.05) is 11.6 Å². The number of rotatable bonds is 4. The molecule has 26 heavy (non-hydrogen) atoms. The molecule has 0 saturated heterocycles. The highest BCUT2D eigenvalue weighted by Crippen LogP contribution is 2.25. The summed E-state index contributed by atoms with van der Waals surface area (Å²) in [5.41, 5.74) is 2.60. The Bertz CT molecular complexity index is 1100. The maximum atomic E-state index is 12.7. The second-order valence-corrected chi connectivity index (χ2v) is 6.52. The van der Waals surface area contributed by atoms with Crippen LogP contribution in [0.1, 0.15) is 21.6 Å². The molecule has 0 aromatic carbocycles. The lowest BCUT2D eigenvalue weighted by Gasteiger charge is -2.09. The van der Waals surface area contributed by atoms with E-state index in [9.17, 15) is 4.79 Å². The van der Waals surface area contributed by atoms with Crippen molar-refractivity contribution in [2.24, 2.45) is 0 Å². The van der Waals surface area contributed by atoms with Gasteiger partial charge in [-0.1, -0.05) is 0 Å². The fraction of sp³-hybridized carbons (Fsp3) is 0.118. The zero-order valence-corrected chi connectivity index (χ0v) is 14.8. The van der Waals surface area contributed by atoms with Crippen molar-refractivity contribution in [1.29, 1.82) is 0 Å². The molecule has 130 valence electrons. The quantitative estimate of drug-likeness (QED) is 0.596. The largest absolute Gasteiger partial charge is 0.454 e. The normalized spacial score (nSPS) is 10.8. The van der Waals surface area contributed by atoms with Crippen LogP contribution in [0.3, 0.4) is 0 Å². The predicted molar refractivity (Wildman–Crippen MR) is 96.8 cm³/mol. The van der Waals surface area contributed by atoms with E-state index in [2.05, 4.69) is 25.4 Å². The van der Waals surface area contributed by atoms with Crippen molar-refractivity contribution >= 4 is 28.0 Å². The number of aromatic nitrogens is 5. The van der Waals surface area contributed by atoms with Gasteiger partial charge in [-0.15, -0.1) is 11.3 Å². The SMILES string of the molecule is Cc1cncc(Oc2cc(C(=O)Nc3nc(C)cs3)c3ncnn3c2)c1. The highest BCUT2D eigenvalue weighted by atomic mass is 32.1. The third-order valence-electron chi connectivity index (χ3n) is 3.52. The average molecular weight is 366 g/mol. The molecule has 4 aromatic heterocycles. The van der Waals surface area contributed by atoms with Gasteiger partial charge >= 0.3 is 0 Å². The zero-order valence-electron chi connectivity index (χ0n) is 14.0. The number of amides is 1. The predicted octanol–water partition coefficient (Wildman–Crippen LogP) is 3.24. The summed E-state index contributed by atoms with van der Waals surface area (Å²) >= 11 is 1.36. The van der Waals surface area contributed by atoms with Gasteiger partial charge < -0.3 is 4.74 Å². The molecule has 0 unspecified atom stereocenters. The maximum absolute atomic E-state index is 12.7. The number of hydrogen-bond acceptors (Lipinski definition) is 7. The Hall–Kier alpha value is -3.33. The first kappa shape index (κ1) is 16.2. The lowest BCUT2D eigenvalue weighted by Crippen LogP contribution is -2.14. The topological polar surface area (TPSA) is 94.3 Å². The second-order valence-electron chi connectivity index (χ2n) is 5.67. The number of aryl methyl sites for hydroxylation is 2. The van der Waals surface area contributed by atoms with Gasteiger partial charge in [0.05, 0.1) is 23.7 Å². The zero-order chi connectivity index (χ0) is 18.1. The molecule has 0 bridgehead atoms. The van der Waals surface area contributed by atoms with Crippen LogP contribution in [0.4, 0.5) is 5.13 Å². The Morgan fingerprint density at radius 3 is 2.88 bits per heavy atom. The van der Waals surface area contributed by atoms with E-state index in [1.54, 1.807) is 24.7 Å². The molecule has 0 spiro atoms. The standard InChI is InChI=1S/C17H14N6O2S/c1-10-3-12(6-18-5-10)25-13-4-14(15-19-9-20-23(15)7-13)16(24)22-17-21-11(2)8-26-17/h3-9H,1-2H3,(H,21,22,24). The van der Waals surface area contributed by atoms with Crippen LogP contribution >= 0.6 is 11.3 Å². The van der Waals surface area contributed by atoms with Crippen LogP contribution in [0.5, 0.6) is 11.5 Å². The van der Waals surface area contributed by atoms with E-state index in [0.717, 1.165) is 11.3 Å². The van der Waals surface area contributed by atoms with Gasteiger partial charge in [-0.3, -0.25) is 15.1 Å². The summed E-state index contributed by atoms with van der Waals surface area (Å²) in [6.45, 7) is 3.79. The smallest absolute Gasteiger partial charge is 0.261 e. The van der Waals surface area contributed by atoms with Gasteiger partial charge in [-0.25, -0.2) is 14.5 Å². The van der Waals surface area contributed by atoms with Crippen LogP contribution in [0.15, 0.2) is 42.4 Å². The van der Waals surface area contributed by atoms with Gasteiger partial charge in [-0.05, 0) is 31.5 Å². The van der Waals surface area contributed by atoms with Crippen LogP contribution in [0, 0.1) is 13.8 Å². The lowest BCUT2D eigenvalue weighted by atomic mass is 10.2. The third-order valence-corrected chi connectivity index (χ3v) is 4.40. The van der Waals surface area contributed by atoms with Crippen molar-refractivity contribution in [2.45, 2.75) is 13.8 Å². The van der Waals surface area contributed by atoms with Crippen molar-refractivity contribution < 1.29 is 9.53 Å². The average Bonchev–Trinajstić information content (AvgIpc) is 3.23. The molecule has 8 nitrogen and oxygen atoms in total. The number of nitrogens with one attached hydrogen (secondary N) is 1. The van der Waals surface area contributed by atoms with E-state index < -0.39 is 0 Å². The van der Waals surface area contributed by atoms with Gasteiger partial charge in [-0.2, -0.15) is 5.10 Å². The molecule has 0 aliphatic carbocycles. The summed E-state index contributed by atoms with van der Waals surface area (Å²) in [5.74, 6) is 0.701. The first-order valence-electron chi connectivity index (χ1n) is 7.75. The third kappa shape index (κ3) is 3.24. The molecule has 1 amide bonds. The number of nitrogens with zero attached hydrogens (tertiary/aromatic N) is 5. The van der Waals surface area contributed by atoms with Crippen molar-refractivity contribution in [3.05, 3.63) is 59.3 Å².